The van der Waals surface area contributed by atoms with Crippen molar-refractivity contribution in [3.63, 3.8) is 0 Å². The van der Waals surface area contributed by atoms with Gasteiger partial charge in [-0.05, 0) is 58.4 Å². The number of hydrogen-bond acceptors (Lipinski definition) is 1. The Balaban J connectivity index is 5.02. The van der Waals surface area contributed by atoms with Gasteiger partial charge in [-0.15, -0.1) is 0 Å². The summed E-state index contributed by atoms with van der Waals surface area (Å²) in [5.41, 5.74) is 2.07. The molecule has 0 fully saturated rings. The van der Waals surface area contributed by atoms with E-state index in [-0.39, 0.29) is 0 Å². The van der Waals surface area contributed by atoms with Crippen LogP contribution in [-0.4, -0.2) is 10.7 Å². The van der Waals surface area contributed by atoms with Crippen LogP contribution >= 0.6 is 0 Å². The molecule has 0 aliphatic heterocycles. The Bertz CT molecular complexity index is 345. The van der Waals surface area contributed by atoms with E-state index in [0.717, 1.165) is 19.3 Å². The number of allylic oxidation sites excluding steroid dienone is 6. The third-order valence-corrected chi connectivity index (χ3v) is 4.15. The molecule has 0 aliphatic rings. The lowest BCUT2D eigenvalue weighted by molar-refractivity contribution is 0.0336. The zero-order valence-corrected chi connectivity index (χ0v) is 14.4. The Hall–Kier alpha value is -0.820. The molecule has 0 bridgehead atoms. The number of hydrogen-bond donors (Lipinski definition) is 1. The van der Waals surface area contributed by atoms with Gasteiger partial charge in [-0.25, -0.2) is 0 Å². The van der Waals surface area contributed by atoms with Crippen LogP contribution in [0.4, 0.5) is 0 Å². The molecule has 0 aromatic heterocycles. The average Bonchev–Trinajstić information content (AvgIpc) is 2.44. The molecule has 0 rings (SSSR count). The Labute approximate surface area is 126 Å². The minimum atomic E-state index is -0.559. The van der Waals surface area contributed by atoms with Crippen molar-refractivity contribution in [2.45, 2.75) is 79.2 Å². The van der Waals surface area contributed by atoms with Gasteiger partial charge in [-0.2, -0.15) is 0 Å². The Morgan fingerprint density at radius 3 is 2.25 bits per heavy atom. The van der Waals surface area contributed by atoms with Crippen LogP contribution in [0.25, 0.3) is 0 Å². The van der Waals surface area contributed by atoms with Gasteiger partial charge in [-0.3, -0.25) is 0 Å². The van der Waals surface area contributed by atoms with Crippen molar-refractivity contribution in [3.8, 4) is 0 Å². The molecule has 1 N–H and O–H groups in total. The first-order valence-corrected chi connectivity index (χ1v) is 8.09. The van der Waals surface area contributed by atoms with Crippen LogP contribution in [0.15, 0.2) is 35.5 Å². The normalized spacial score (nSPS) is 18.4. The van der Waals surface area contributed by atoms with Crippen molar-refractivity contribution in [1.29, 1.82) is 0 Å². The van der Waals surface area contributed by atoms with Crippen molar-refractivity contribution in [2.75, 3.05) is 0 Å². The van der Waals surface area contributed by atoms with E-state index in [1.165, 1.54) is 24.0 Å². The summed E-state index contributed by atoms with van der Waals surface area (Å²) < 4.78 is 0. The van der Waals surface area contributed by atoms with Gasteiger partial charge in [0.15, 0.2) is 0 Å². The van der Waals surface area contributed by atoms with Crippen LogP contribution in [-0.2, 0) is 0 Å². The minimum absolute atomic E-state index is 0.454. The lowest BCUT2D eigenvalue weighted by Gasteiger charge is -2.28. The van der Waals surface area contributed by atoms with Crippen molar-refractivity contribution in [3.05, 3.63) is 35.5 Å². The van der Waals surface area contributed by atoms with E-state index < -0.39 is 5.60 Å². The molecule has 0 saturated carbocycles. The van der Waals surface area contributed by atoms with Gasteiger partial charge in [-0.1, -0.05) is 56.6 Å². The summed E-state index contributed by atoms with van der Waals surface area (Å²) >= 11 is 0. The predicted octanol–water partition coefficient (Wildman–Crippen LogP) is 5.81. The van der Waals surface area contributed by atoms with Crippen LogP contribution in [0.2, 0.25) is 0 Å². The van der Waals surface area contributed by atoms with Crippen molar-refractivity contribution in [1.82, 2.24) is 0 Å². The molecule has 1 nitrogen and oxygen atoms in total. The number of rotatable bonds is 9. The van der Waals surface area contributed by atoms with Crippen LogP contribution in [0.3, 0.4) is 0 Å². The van der Waals surface area contributed by atoms with Gasteiger partial charge in [0.2, 0.25) is 0 Å². The van der Waals surface area contributed by atoms with Crippen molar-refractivity contribution in [2.24, 2.45) is 5.92 Å². The van der Waals surface area contributed by atoms with Crippen molar-refractivity contribution >= 4 is 0 Å². The fourth-order valence-corrected chi connectivity index (χ4v) is 2.30. The molecule has 2 unspecified atom stereocenters. The zero-order chi connectivity index (χ0) is 15.6. The maximum atomic E-state index is 10.4. The van der Waals surface area contributed by atoms with Gasteiger partial charge >= 0.3 is 0 Å². The van der Waals surface area contributed by atoms with E-state index in [0.29, 0.717) is 5.92 Å². The standard InChI is InChI=1S/C19H34O/c1-7-11-12-18(15-19(6,20)10-4)17(9-3)14-13-16(5)8-2/h8-9,13-14,18,20H,7,10-12,15H2,1-6H3/b14-13-,16-8-,17-9+. The molecule has 2 atom stereocenters. The molecule has 0 aliphatic carbocycles. The highest BCUT2D eigenvalue weighted by Gasteiger charge is 2.24. The summed E-state index contributed by atoms with van der Waals surface area (Å²) in [6.07, 6.45) is 14.0. The predicted molar refractivity (Wildman–Crippen MR) is 90.9 cm³/mol. The largest absolute Gasteiger partial charge is 0.390 e. The smallest absolute Gasteiger partial charge is 0.0623 e. The third-order valence-electron chi connectivity index (χ3n) is 4.15. The lowest BCUT2D eigenvalue weighted by atomic mass is 9.82. The molecule has 0 aromatic carbocycles. The maximum Gasteiger partial charge on any atom is 0.0623 e. The summed E-state index contributed by atoms with van der Waals surface area (Å²) in [5, 5.41) is 10.4. The topological polar surface area (TPSA) is 20.2 Å². The second-order valence-electron chi connectivity index (χ2n) is 6.05. The van der Waals surface area contributed by atoms with E-state index in [1.807, 2.05) is 6.92 Å². The first-order valence-electron chi connectivity index (χ1n) is 8.09. The van der Waals surface area contributed by atoms with E-state index in [4.69, 9.17) is 0 Å². The molecule has 116 valence electrons. The fraction of sp³-hybridized carbons (Fsp3) is 0.684. The van der Waals surface area contributed by atoms with Gasteiger partial charge in [0.25, 0.3) is 0 Å². The molecular formula is C19H34O. The summed E-state index contributed by atoms with van der Waals surface area (Å²) in [4.78, 5) is 0. The molecule has 0 amide bonds. The SMILES string of the molecule is C\C=C(C)/C=C\C(=C/C)C(CCCC)CC(C)(O)CC. The Morgan fingerprint density at radius 1 is 1.15 bits per heavy atom. The molecule has 0 spiro atoms. The maximum absolute atomic E-state index is 10.4. The fourth-order valence-electron chi connectivity index (χ4n) is 2.30. The molecule has 1 heteroatoms. The third kappa shape index (κ3) is 7.69. The van der Waals surface area contributed by atoms with E-state index in [2.05, 4.69) is 58.9 Å². The average molecular weight is 278 g/mol. The van der Waals surface area contributed by atoms with Gasteiger partial charge in [0.1, 0.15) is 0 Å². The quantitative estimate of drug-likeness (QED) is 0.527. The molecular weight excluding hydrogens is 244 g/mol. The monoisotopic (exact) mass is 278 g/mol. The second-order valence-corrected chi connectivity index (χ2v) is 6.05. The summed E-state index contributed by atoms with van der Waals surface area (Å²) in [6, 6.07) is 0. The number of unbranched alkanes of at least 4 members (excludes halogenated alkanes) is 1. The van der Waals surface area contributed by atoms with Gasteiger partial charge in [0.05, 0.1) is 5.60 Å². The summed E-state index contributed by atoms with van der Waals surface area (Å²) in [7, 11) is 0. The van der Waals surface area contributed by atoms with Crippen LogP contribution in [0, 0.1) is 5.92 Å². The van der Waals surface area contributed by atoms with Crippen LogP contribution in [0.5, 0.6) is 0 Å². The highest BCUT2D eigenvalue weighted by atomic mass is 16.3. The molecule has 0 aromatic rings. The lowest BCUT2D eigenvalue weighted by Crippen LogP contribution is -2.27. The molecule has 0 radical (unpaired) electrons. The molecule has 20 heavy (non-hydrogen) atoms. The Kier molecular flexibility index (Phi) is 9.58. The van der Waals surface area contributed by atoms with E-state index in [1.54, 1.807) is 0 Å². The van der Waals surface area contributed by atoms with Gasteiger partial charge in [0, 0.05) is 0 Å². The summed E-state index contributed by atoms with van der Waals surface area (Å²) in [6.45, 7) is 12.5. The minimum Gasteiger partial charge on any atom is -0.390 e. The summed E-state index contributed by atoms with van der Waals surface area (Å²) in [5.74, 6) is 0.454. The van der Waals surface area contributed by atoms with Crippen LogP contribution < -0.4 is 0 Å². The second kappa shape index (κ2) is 9.99. The van der Waals surface area contributed by atoms with Gasteiger partial charge < -0.3 is 5.11 Å². The number of aliphatic hydroxyl groups is 1. The highest BCUT2D eigenvalue weighted by Crippen LogP contribution is 2.30. The van der Waals surface area contributed by atoms with Crippen molar-refractivity contribution < 1.29 is 5.11 Å². The van der Waals surface area contributed by atoms with Crippen LogP contribution in [0.1, 0.15) is 73.6 Å². The Morgan fingerprint density at radius 2 is 1.80 bits per heavy atom. The van der Waals surface area contributed by atoms with E-state index >= 15 is 0 Å². The molecule has 0 heterocycles. The molecule has 0 saturated heterocycles. The zero-order valence-electron chi connectivity index (χ0n) is 14.4. The highest BCUT2D eigenvalue weighted by molar-refractivity contribution is 5.28. The first-order chi connectivity index (χ1) is 9.40. The first kappa shape index (κ1) is 19.2. The van der Waals surface area contributed by atoms with E-state index in [9.17, 15) is 5.11 Å².